The molecule has 0 fully saturated rings. The van der Waals surface area contributed by atoms with E-state index in [1.165, 1.54) is 0 Å². The van der Waals surface area contributed by atoms with Gasteiger partial charge in [-0.15, -0.1) is 0 Å². The molecule has 2 heterocycles. The first kappa shape index (κ1) is 18.8. The molecule has 0 saturated heterocycles. The molecule has 0 atom stereocenters. The highest BCUT2D eigenvalue weighted by Gasteiger charge is 2.22. The van der Waals surface area contributed by atoms with Crippen LogP contribution in [-0.2, 0) is 6.42 Å². The second kappa shape index (κ2) is 7.93. The second-order valence-electron chi connectivity index (χ2n) is 7.73. The van der Waals surface area contributed by atoms with E-state index in [4.69, 9.17) is 4.98 Å². The number of rotatable bonds is 4. The second-order valence-corrected chi connectivity index (χ2v) is 7.73. The van der Waals surface area contributed by atoms with Crippen LogP contribution in [-0.4, -0.2) is 11.5 Å². The maximum Gasteiger partial charge on any atom is 0.0995 e. The molecule has 5 rings (SSSR count). The van der Waals surface area contributed by atoms with Crippen molar-refractivity contribution < 1.29 is 0 Å². The zero-order chi connectivity index (χ0) is 21.2. The van der Waals surface area contributed by atoms with Gasteiger partial charge in [-0.3, -0.25) is 0 Å². The van der Waals surface area contributed by atoms with Gasteiger partial charge in [0.2, 0.25) is 0 Å². The largest absolute Gasteiger partial charge is 0.343 e. The van der Waals surface area contributed by atoms with Gasteiger partial charge in [0, 0.05) is 30.2 Å². The normalized spacial score (nSPS) is 12.7. The van der Waals surface area contributed by atoms with E-state index >= 15 is 0 Å². The molecule has 0 saturated carbocycles. The van der Waals surface area contributed by atoms with Crippen LogP contribution in [0.15, 0.2) is 97.7 Å². The number of hydrogen-bond acceptors (Lipinski definition) is 3. The molecule has 3 aromatic carbocycles. The average molecular weight is 399 g/mol. The van der Waals surface area contributed by atoms with Crippen LogP contribution in [0, 0.1) is 11.3 Å². The Hall–Kier alpha value is -4.16. The highest BCUT2D eigenvalue weighted by molar-refractivity contribution is 5.84. The lowest BCUT2D eigenvalue weighted by Gasteiger charge is -2.30. The van der Waals surface area contributed by atoms with Crippen molar-refractivity contribution in [3.05, 3.63) is 120 Å². The average Bonchev–Trinajstić information content (AvgIpc) is 2.83. The third kappa shape index (κ3) is 3.60. The van der Waals surface area contributed by atoms with Crippen molar-refractivity contribution in [3.8, 4) is 6.07 Å². The fraction of sp³-hybridized carbons (Fsp3) is 0.0714. The lowest BCUT2D eigenvalue weighted by Crippen LogP contribution is -2.24. The van der Waals surface area contributed by atoms with Crippen LogP contribution in [0.1, 0.15) is 22.4 Å². The summed E-state index contributed by atoms with van der Waals surface area (Å²) in [6.45, 7) is 4.96. The summed E-state index contributed by atoms with van der Waals surface area (Å²) >= 11 is 0. The highest BCUT2D eigenvalue weighted by Crippen LogP contribution is 2.36. The molecule has 1 aliphatic heterocycles. The Morgan fingerprint density at radius 2 is 1.74 bits per heavy atom. The molecule has 0 aliphatic carbocycles. The molecule has 4 aromatic rings. The van der Waals surface area contributed by atoms with Crippen LogP contribution >= 0.6 is 0 Å². The summed E-state index contributed by atoms with van der Waals surface area (Å²) in [6.07, 6.45) is 2.84. The van der Waals surface area contributed by atoms with E-state index in [-0.39, 0.29) is 0 Å². The fourth-order valence-electron chi connectivity index (χ4n) is 4.13. The number of para-hydroxylation sites is 1. The van der Waals surface area contributed by atoms with E-state index in [1.807, 2.05) is 48.5 Å². The topological polar surface area (TPSA) is 39.9 Å². The number of hydrogen-bond donors (Lipinski definition) is 0. The SMILES string of the molecule is C=C(CN1C=C(c2ccc3ccccc3n2)Cc2c(C#N)cccc21)c1ccccc1. The quantitative estimate of drug-likeness (QED) is 0.409. The van der Waals surface area contributed by atoms with Gasteiger partial charge in [-0.1, -0.05) is 67.2 Å². The number of nitriles is 1. The molecule has 31 heavy (non-hydrogen) atoms. The summed E-state index contributed by atoms with van der Waals surface area (Å²) in [7, 11) is 0. The maximum absolute atomic E-state index is 9.72. The molecule has 1 aromatic heterocycles. The van der Waals surface area contributed by atoms with Gasteiger partial charge in [0.15, 0.2) is 0 Å². The van der Waals surface area contributed by atoms with Crippen LogP contribution in [0.2, 0.25) is 0 Å². The van der Waals surface area contributed by atoms with Gasteiger partial charge in [-0.05, 0) is 46.5 Å². The van der Waals surface area contributed by atoms with Gasteiger partial charge in [0.05, 0.1) is 22.8 Å². The fourth-order valence-corrected chi connectivity index (χ4v) is 4.13. The van der Waals surface area contributed by atoms with Gasteiger partial charge in [-0.25, -0.2) is 4.98 Å². The number of anilines is 1. The summed E-state index contributed by atoms with van der Waals surface area (Å²) in [6, 6.07) is 30.8. The standard InChI is InChI=1S/C28H21N3/c1-20(21-8-3-2-4-9-21)18-31-19-24(16-25-23(17-29)11-7-13-28(25)31)27-15-14-22-10-5-6-12-26(22)30-27/h2-15,19H,1,16,18H2. The molecule has 1 aliphatic rings. The van der Waals surface area contributed by atoms with Crippen LogP contribution < -0.4 is 4.90 Å². The first-order chi connectivity index (χ1) is 15.2. The first-order valence-electron chi connectivity index (χ1n) is 10.3. The molecular formula is C28H21N3. The Bertz CT molecular complexity index is 1360. The minimum atomic E-state index is 0.642. The zero-order valence-electron chi connectivity index (χ0n) is 17.1. The Labute approximate surface area is 182 Å². The van der Waals surface area contributed by atoms with Gasteiger partial charge in [0.25, 0.3) is 0 Å². The van der Waals surface area contributed by atoms with Crippen molar-refractivity contribution in [2.24, 2.45) is 0 Å². The number of nitrogens with zero attached hydrogens (tertiary/aromatic N) is 3. The molecule has 0 spiro atoms. The molecule has 0 unspecified atom stereocenters. The molecule has 0 amide bonds. The highest BCUT2D eigenvalue weighted by atomic mass is 15.1. The van der Waals surface area contributed by atoms with E-state index in [0.717, 1.165) is 44.6 Å². The number of aromatic nitrogens is 1. The van der Waals surface area contributed by atoms with Gasteiger partial charge in [-0.2, -0.15) is 5.26 Å². The van der Waals surface area contributed by atoms with E-state index in [2.05, 4.69) is 60.1 Å². The minimum Gasteiger partial charge on any atom is -0.343 e. The number of allylic oxidation sites excluding steroid dienone is 1. The first-order valence-corrected chi connectivity index (χ1v) is 10.3. The van der Waals surface area contributed by atoms with Crippen LogP contribution in [0.5, 0.6) is 0 Å². The molecule has 148 valence electrons. The van der Waals surface area contributed by atoms with Gasteiger partial charge in [0.1, 0.15) is 0 Å². The Morgan fingerprint density at radius 3 is 2.58 bits per heavy atom. The maximum atomic E-state index is 9.72. The number of benzene rings is 3. The predicted octanol–water partition coefficient (Wildman–Crippen LogP) is 6.22. The van der Waals surface area contributed by atoms with E-state index in [9.17, 15) is 5.26 Å². The summed E-state index contributed by atoms with van der Waals surface area (Å²) in [4.78, 5) is 7.09. The third-order valence-electron chi connectivity index (χ3n) is 5.73. The summed E-state index contributed by atoms with van der Waals surface area (Å²) in [5.74, 6) is 0. The van der Waals surface area contributed by atoms with Crippen LogP contribution in [0.25, 0.3) is 22.0 Å². The van der Waals surface area contributed by atoms with Crippen molar-refractivity contribution in [2.75, 3.05) is 11.4 Å². The van der Waals surface area contributed by atoms with Crippen molar-refractivity contribution in [1.29, 1.82) is 5.26 Å². The third-order valence-corrected chi connectivity index (χ3v) is 5.73. The zero-order valence-corrected chi connectivity index (χ0v) is 17.1. The molecule has 0 bridgehead atoms. The molecule has 3 nitrogen and oxygen atoms in total. The predicted molar refractivity (Wildman–Crippen MR) is 127 cm³/mol. The van der Waals surface area contributed by atoms with Crippen molar-refractivity contribution in [3.63, 3.8) is 0 Å². The van der Waals surface area contributed by atoms with Crippen molar-refractivity contribution >= 4 is 27.7 Å². The van der Waals surface area contributed by atoms with Gasteiger partial charge < -0.3 is 4.90 Å². The summed E-state index contributed by atoms with van der Waals surface area (Å²) < 4.78 is 0. The van der Waals surface area contributed by atoms with Crippen LogP contribution in [0.4, 0.5) is 5.69 Å². The van der Waals surface area contributed by atoms with E-state index in [1.54, 1.807) is 0 Å². The number of fused-ring (bicyclic) bond motifs is 2. The van der Waals surface area contributed by atoms with Crippen molar-refractivity contribution in [2.45, 2.75) is 6.42 Å². The van der Waals surface area contributed by atoms with E-state index < -0.39 is 0 Å². The molecule has 0 radical (unpaired) electrons. The lowest BCUT2D eigenvalue weighted by molar-refractivity contribution is 1.03. The Morgan fingerprint density at radius 1 is 0.935 bits per heavy atom. The monoisotopic (exact) mass is 399 g/mol. The Kier molecular flexibility index (Phi) is 4.82. The van der Waals surface area contributed by atoms with Crippen molar-refractivity contribution in [1.82, 2.24) is 4.98 Å². The molecular weight excluding hydrogens is 378 g/mol. The number of pyridine rings is 1. The summed E-state index contributed by atoms with van der Waals surface area (Å²) in [5.41, 5.74) is 7.95. The minimum absolute atomic E-state index is 0.642. The lowest BCUT2D eigenvalue weighted by atomic mass is 9.92. The Balaban J connectivity index is 1.58. The summed E-state index contributed by atoms with van der Waals surface area (Å²) in [5, 5.41) is 10.8. The van der Waals surface area contributed by atoms with Gasteiger partial charge >= 0.3 is 0 Å². The van der Waals surface area contributed by atoms with E-state index in [0.29, 0.717) is 18.5 Å². The smallest absolute Gasteiger partial charge is 0.0995 e. The van der Waals surface area contributed by atoms with Crippen LogP contribution in [0.3, 0.4) is 0 Å². The molecule has 3 heteroatoms. The molecule has 0 N–H and O–H groups in total.